The molecule has 3 N–H and O–H groups in total. The van der Waals surface area contributed by atoms with Crippen LogP contribution in [0.2, 0.25) is 0 Å². The third-order valence-corrected chi connectivity index (χ3v) is 5.57. The molecule has 0 rings (SSSR count). The van der Waals surface area contributed by atoms with Crippen LogP contribution in [0.15, 0.2) is 0 Å². The first kappa shape index (κ1) is 31.0. The monoisotopic (exact) mass is 469 g/mol. The Hall–Kier alpha value is -1.96. The van der Waals surface area contributed by atoms with Gasteiger partial charge >= 0.3 is 0 Å². The molecule has 8 heteroatoms. The molecule has 3 amide bonds. The van der Waals surface area contributed by atoms with Gasteiger partial charge in [0.15, 0.2) is 5.78 Å². The van der Waals surface area contributed by atoms with Gasteiger partial charge in [-0.2, -0.15) is 0 Å². The third-order valence-electron chi connectivity index (χ3n) is 5.57. The van der Waals surface area contributed by atoms with Crippen molar-refractivity contribution in [2.75, 3.05) is 13.1 Å². The minimum atomic E-state index is -0.972. The maximum Gasteiger partial charge on any atom is 0.245 e. The van der Waals surface area contributed by atoms with Crippen LogP contribution in [0.5, 0.6) is 0 Å². The fourth-order valence-electron chi connectivity index (χ4n) is 3.70. The topological polar surface area (TPSA) is 116 Å². The Bertz CT molecular complexity index is 589. The number of hydrogen-bond acceptors (Lipinski definition) is 5. The molecule has 3 atom stereocenters. The van der Waals surface area contributed by atoms with Gasteiger partial charge in [0.2, 0.25) is 17.7 Å². The lowest BCUT2D eigenvalue weighted by molar-refractivity contribution is -0.136. The van der Waals surface area contributed by atoms with Crippen LogP contribution in [0.3, 0.4) is 0 Å². The van der Waals surface area contributed by atoms with E-state index < -0.39 is 18.2 Å². The van der Waals surface area contributed by atoms with Crippen molar-refractivity contribution >= 4 is 23.5 Å². The number of aliphatic hydroxyl groups is 1. The minimum absolute atomic E-state index is 0.00947. The molecule has 0 aliphatic heterocycles. The lowest BCUT2D eigenvalue weighted by atomic mass is 10.0. The molecular formula is C25H47N3O5. The van der Waals surface area contributed by atoms with Gasteiger partial charge < -0.3 is 20.6 Å². The highest BCUT2D eigenvalue weighted by Gasteiger charge is 2.26. The summed E-state index contributed by atoms with van der Waals surface area (Å²) in [6, 6.07) is -1.43. The molecule has 0 saturated carbocycles. The van der Waals surface area contributed by atoms with E-state index in [0.29, 0.717) is 32.4 Å². The highest BCUT2D eigenvalue weighted by Crippen LogP contribution is 2.10. The zero-order valence-corrected chi connectivity index (χ0v) is 21.5. The molecule has 0 bridgehead atoms. The van der Waals surface area contributed by atoms with Crippen LogP contribution in [0.25, 0.3) is 0 Å². The van der Waals surface area contributed by atoms with E-state index in [4.69, 9.17) is 0 Å². The molecule has 3 unspecified atom stereocenters. The molecule has 0 spiro atoms. The summed E-state index contributed by atoms with van der Waals surface area (Å²) in [6.45, 7) is 10.7. The van der Waals surface area contributed by atoms with Gasteiger partial charge in [-0.3, -0.25) is 19.2 Å². The Morgan fingerprint density at radius 1 is 0.788 bits per heavy atom. The number of aliphatic hydroxyl groups excluding tert-OH is 1. The zero-order valence-electron chi connectivity index (χ0n) is 21.5. The summed E-state index contributed by atoms with van der Waals surface area (Å²) in [5.41, 5.74) is 0. The van der Waals surface area contributed by atoms with Crippen LogP contribution in [-0.2, 0) is 19.2 Å². The first-order valence-corrected chi connectivity index (χ1v) is 12.8. The molecule has 0 aliphatic carbocycles. The first-order valence-electron chi connectivity index (χ1n) is 12.8. The maximum absolute atomic E-state index is 13.0. The van der Waals surface area contributed by atoms with E-state index in [9.17, 15) is 24.3 Å². The number of carbonyl (C=O) groups is 4. The molecule has 0 saturated heterocycles. The van der Waals surface area contributed by atoms with Gasteiger partial charge in [-0.25, -0.2) is 0 Å². The Morgan fingerprint density at radius 3 is 1.91 bits per heavy atom. The van der Waals surface area contributed by atoms with Crippen molar-refractivity contribution in [3.8, 4) is 0 Å². The van der Waals surface area contributed by atoms with Crippen LogP contribution in [-0.4, -0.2) is 64.8 Å². The number of ketones is 1. The van der Waals surface area contributed by atoms with Gasteiger partial charge in [-0.05, 0) is 39.0 Å². The van der Waals surface area contributed by atoms with Gasteiger partial charge in [-0.15, -0.1) is 0 Å². The van der Waals surface area contributed by atoms with Crippen molar-refractivity contribution in [1.29, 1.82) is 0 Å². The molecule has 33 heavy (non-hydrogen) atoms. The average Bonchev–Trinajstić information content (AvgIpc) is 2.78. The SMILES string of the molecule is CCCCCC(NC(=O)CCCCC(=O)C(NC(=O)CC)C(C)O)C(=O)N(CCC)CCC. The quantitative estimate of drug-likeness (QED) is 0.251. The molecule has 0 aromatic rings. The molecule has 0 fully saturated rings. The summed E-state index contributed by atoms with van der Waals surface area (Å²) < 4.78 is 0. The normalized spacial score (nSPS) is 13.6. The van der Waals surface area contributed by atoms with E-state index in [-0.39, 0.29) is 42.8 Å². The Morgan fingerprint density at radius 2 is 1.39 bits per heavy atom. The van der Waals surface area contributed by atoms with Crippen LogP contribution in [0.4, 0.5) is 0 Å². The summed E-state index contributed by atoms with van der Waals surface area (Å²) in [5, 5.41) is 15.3. The van der Waals surface area contributed by atoms with Crippen LogP contribution in [0, 0.1) is 0 Å². The second kappa shape index (κ2) is 18.5. The summed E-state index contributed by atoms with van der Waals surface area (Å²) in [5.74, 6) is -0.719. The molecular weight excluding hydrogens is 422 g/mol. The van der Waals surface area contributed by atoms with Crippen LogP contribution >= 0.6 is 0 Å². The highest BCUT2D eigenvalue weighted by atomic mass is 16.3. The predicted octanol–water partition coefficient (Wildman–Crippen LogP) is 3.11. The number of rotatable bonds is 19. The third kappa shape index (κ3) is 13.4. The van der Waals surface area contributed by atoms with Gasteiger partial charge in [0.1, 0.15) is 12.1 Å². The fraction of sp³-hybridized carbons (Fsp3) is 0.840. The second-order valence-corrected chi connectivity index (χ2v) is 8.75. The van der Waals surface area contributed by atoms with E-state index in [0.717, 1.165) is 32.1 Å². The van der Waals surface area contributed by atoms with Crippen molar-refractivity contribution in [2.24, 2.45) is 0 Å². The van der Waals surface area contributed by atoms with Gasteiger partial charge in [0.05, 0.1) is 6.10 Å². The van der Waals surface area contributed by atoms with Crippen LogP contribution in [0.1, 0.15) is 105 Å². The van der Waals surface area contributed by atoms with Crippen molar-refractivity contribution in [3.63, 3.8) is 0 Å². The van der Waals surface area contributed by atoms with E-state index in [1.165, 1.54) is 6.92 Å². The molecule has 0 aliphatic rings. The van der Waals surface area contributed by atoms with E-state index in [1.54, 1.807) is 6.92 Å². The number of amides is 3. The largest absolute Gasteiger partial charge is 0.391 e. The Labute approximate surface area is 200 Å². The van der Waals surface area contributed by atoms with Crippen LogP contribution < -0.4 is 10.6 Å². The Kier molecular flexibility index (Phi) is 17.4. The van der Waals surface area contributed by atoms with E-state index in [2.05, 4.69) is 17.6 Å². The number of hydrogen-bond donors (Lipinski definition) is 3. The summed E-state index contributed by atoms with van der Waals surface area (Å²) in [7, 11) is 0. The van der Waals surface area contributed by atoms with Gasteiger partial charge in [0, 0.05) is 32.4 Å². The van der Waals surface area contributed by atoms with E-state index in [1.807, 2.05) is 18.7 Å². The summed E-state index contributed by atoms with van der Waals surface area (Å²) in [6.07, 6.45) is 5.97. The lowest BCUT2D eigenvalue weighted by Gasteiger charge is -2.27. The second-order valence-electron chi connectivity index (χ2n) is 8.75. The average molecular weight is 470 g/mol. The van der Waals surface area contributed by atoms with Gasteiger partial charge in [-0.1, -0.05) is 47.0 Å². The molecule has 0 heterocycles. The molecule has 0 radical (unpaired) electrons. The Balaban J connectivity index is 4.74. The highest BCUT2D eigenvalue weighted by molar-refractivity contribution is 5.89. The number of nitrogens with zero attached hydrogens (tertiary/aromatic N) is 1. The number of unbranched alkanes of at least 4 members (excludes halogenated alkanes) is 3. The fourth-order valence-corrected chi connectivity index (χ4v) is 3.70. The molecule has 192 valence electrons. The van der Waals surface area contributed by atoms with Crippen molar-refractivity contribution in [2.45, 2.75) is 123 Å². The number of nitrogens with one attached hydrogen (secondary N) is 2. The standard InChI is InChI=1S/C25H47N3O5/c1-6-10-11-14-20(25(33)28(17-7-2)18-8-3)26-23(32)16-13-12-15-21(30)24(19(5)29)27-22(31)9-4/h19-20,24,29H,6-18H2,1-5H3,(H,26,32)(H,27,31). The van der Waals surface area contributed by atoms with Crippen molar-refractivity contribution < 1.29 is 24.3 Å². The summed E-state index contributed by atoms with van der Waals surface area (Å²) >= 11 is 0. The predicted molar refractivity (Wildman–Crippen MR) is 131 cm³/mol. The molecule has 0 aromatic heterocycles. The number of carbonyl (C=O) groups excluding carboxylic acids is 4. The molecule has 0 aromatic carbocycles. The summed E-state index contributed by atoms with van der Waals surface area (Å²) in [4.78, 5) is 51.4. The zero-order chi connectivity index (χ0) is 25.2. The van der Waals surface area contributed by atoms with E-state index >= 15 is 0 Å². The van der Waals surface area contributed by atoms with Crippen molar-refractivity contribution in [3.05, 3.63) is 0 Å². The van der Waals surface area contributed by atoms with Crippen molar-refractivity contribution in [1.82, 2.24) is 15.5 Å². The minimum Gasteiger partial charge on any atom is -0.391 e. The first-order chi connectivity index (χ1) is 15.7. The number of Topliss-reactive ketones (excluding diaryl/α,β-unsaturated/α-hetero) is 1. The van der Waals surface area contributed by atoms with Gasteiger partial charge in [0.25, 0.3) is 0 Å². The maximum atomic E-state index is 13.0. The lowest BCUT2D eigenvalue weighted by Crippen LogP contribution is -2.49. The molecule has 8 nitrogen and oxygen atoms in total. The smallest absolute Gasteiger partial charge is 0.245 e.